The Bertz CT molecular complexity index is 782. The van der Waals surface area contributed by atoms with Crippen molar-refractivity contribution >= 4 is 17.5 Å². The summed E-state index contributed by atoms with van der Waals surface area (Å²) in [4.78, 5) is 22.5. The SMILES string of the molecule is O=C(/C=C/c1ccc2c(c1)OCO2)c1ccccc1[N+](=O)[O-]. The van der Waals surface area contributed by atoms with E-state index in [-0.39, 0.29) is 18.0 Å². The fraction of sp³-hybridized carbons (Fsp3) is 0.0625. The minimum Gasteiger partial charge on any atom is -0.454 e. The summed E-state index contributed by atoms with van der Waals surface area (Å²) in [6.07, 6.45) is 2.89. The number of nitro groups is 1. The van der Waals surface area contributed by atoms with Crippen LogP contribution in [-0.2, 0) is 0 Å². The second-order valence-electron chi connectivity index (χ2n) is 4.58. The van der Waals surface area contributed by atoms with Crippen LogP contribution in [0.25, 0.3) is 6.08 Å². The van der Waals surface area contributed by atoms with Gasteiger partial charge in [-0.05, 0) is 29.8 Å². The highest BCUT2D eigenvalue weighted by molar-refractivity contribution is 6.09. The molecule has 1 aliphatic heterocycles. The van der Waals surface area contributed by atoms with Crippen molar-refractivity contribution in [2.45, 2.75) is 0 Å². The summed E-state index contributed by atoms with van der Waals surface area (Å²) >= 11 is 0. The van der Waals surface area contributed by atoms with Crippen molar-refractivity contribution in [3.8, 4) is 11.5 Å². The zero-order valence-corrected chi connectivity index (χ0v) is 11.4. The molecular weight excluding hydrogens is 286 g/mol. The molecule has 1 aliphatic rings. The normalized spacial score (nSPS) is 12.5. The van der Waals surface area contributed by atoms with E-state index in [4.69, 9.17) is 9.47 Å². The van der Waals surface area contributed by atoms with E-state index in [1.807, 2.05) is 0 Å². The molecule has 0 N–H and O–H groups in total. The Morgan fingerprint density at radius 3 is 2.73 bits per heavy atom. The molecule has 0 unspecified atom stereocenters. The monoisotopic (exact) mass is 297 g/mol. The Balaban J connectivity index is 1.84. The highest BCUT2D eigenvalue weighted by Crippen LogP contribution is 2.32. The molecular formula is C16H11NO5. The number of para-hydroxylation sites is 1. The molecule has 0 spiro atoms. The maximum Gasteiger partial charge on any atom is 0.280 e. The van der Waals surface area contributed by atoms with Crippen molar-refractivity contribution in [2.75, 3.05) is 6.79 Å². The summed E-state index contributed by atoms with van der Waals surface area (Å²) in [5, 5.41) is 10.9. The summed E-state index contributed by atoms with van der Waals surface area (Å²) in [5.41, 5.74) is 0.600. The zero-order valence-electron chi connectivity index (χ0n) is 11.4. The van der Waals surface area contributed by atoms with Crippen molar-refractivity contribution < 1.29 is 19.2 Å². The molecule has 0 fully saturated rings. The lowest BCUT2D eigenvalue weighted by atomic mass is 10.1. The Morgan fingerprint density at radius 1 is 1.14 bits per heavy atom. The van der Waals surface area contributed by atoms with Gasteiger partial charge in [0.05, 0.1) is 10.5 Å². The number of hydrogen-bond donors (Lipinski definition) is 0. The Hall–Kier alpha value is -3.15. The standard InChI is InChI=1S/C16H11NO5/c18-14(12-3-1-2-4-13(12)17(19)20)7-5-11-6-8-15-16(9-11)22-10-21-15/h1-9H,10H2/b7-5+. The van der Waals surface area contributed by atoms with Crippen LogP contribution in [-0.4, -0.2) is 17.5 Å². The smallest absolute Gasteiger partial charge is 0.280 e. The molecule has 1 heterocycles. The van der Waals surface area contributed by atoms with Crippen molar-refractivity contribution in [1.82, 2.24) is 0 Å². The number of ether oxygens (including phenoxy) is 2. The number of fused-ring (bicyclic) bond motifs is 1. The number of allylic oxidation sites excluding steroid dienone is 1. The van der Waals surface area contributed by atoms with Crippen molar-refractivity contribution in [1.29, 1.82) is 0 Å². The molecule has 0 aromatic heterocycles. The van der Waals surface area contributed by atoms with E-state index in [2.05, 4.69) is 0 Å². The van der Waals surface area contributed by atoms with E-state index < -0.39 is 10.7 Å². The average molecular weight is 297 g/mol. The van der Waals surface area contributed by atoms with Crippen LogP contribution >= 0.6 is 0 Å². The zero-order chi connectivity index (χ0) is 15.5. The van der Waals surface area contributed by atoms with E-state index >= 15 is 0 Å². The summed E-state index contributed by atoms with van der Waals surface area (Å²) in [6, 6.07) is 11.1. The number of nitrogens with zero attached hydrogens (tertiary/aromatic N) is 1. The molecule has 0 saturated carbocycles. The van der Waals surface area contributed by atoms with Gasteiger partial charge < -0.3 is 9.47 Å². The van der Waals surface area contributed by atoms with E-state index in [9.17, 15) is 14.9 Å². The van der Waals surface area contributed by atoms with Crippen LogP contribution in [0.4, 0.5) is 5.69 Å². The summed E-state index contributed by atoms with van der Waals surface area (Å²) < 4.78 is 10.5. The lowest BCUT2D eigenvalue weighted by molar-refractivity contribution is -0.385. The van der Waals surface area contributed by atoms with Crippen LogP contribution in [0, 0.1) is 10.1 Å². The topological polar surface area (TPSA) is 78.7 Å². The van der Waals surface area contributed by atoms with E-state index in [0.717, 1.165) is 5.56 Å². The highest BCUT2D eigenvalue weighted by atomic mass is 16.7. The second-order valence-corrected chi connectivity index (χ2v) is 4.58. The maximum absolute atomic E-state index is 12.1. The van der Waals surface area contributed by atoms with Gasteiger partial charge in [-0.25, -0.2) is 0 Å². The molecule has 0 aliphatic carbocycles. The van der Waals surface area contributed by atoms with Gasteiger partial charge in [-0.1, -0.05) is 24.3 Å². The molecule has 6 nitrogen and oxygen atoms in total. The van der Waals surface area contributed by atoms with Gasteiger partial charge in [0.1, 0.15) is 0 Å². The summed E-state index contributed by atoms with van der Waals surface area (Å²) in [7, 11) is 0. The average Bonchev–Trinajstić information content (AvgIpc) is 3.00. The van der Waals surface area contributed by atoms with Gasteiger partial charge in [-0.3, -0.25) is 14.9 Å². The first-order chi connectivity index (χ1) is 10.6. The molecule has 6 heteroatoms. The van der Waals surface area contributed by atoms with E-state index in [0.29, 0.717) is 11.5 Å². The van der Waals surface area contributed by atoms with Gasteiger partial charge >= 0.3 is 0 Å². The summed E-state index contributed by atoms with van der Waals surface area (Å²) in [6.45, 7) is 0.178. The third kappa shape index (κ3) is 2.67. The molecule has 2 aromatic carbocycles. The number of hydrogen-bond acceptors (Lipinski definition) is 5. The van der Waals surface area contributed by atoms with E-state index in [1.165, 1.54) is 24.3 Å². The first kappa shape index (κ1) is 13.8. The molecule has 0 amide bonds. The molecule has 2 aromatic rings. The Kier molecular flexibility index (Phi) is 3.57. The lowest BCUT2D eigenvalue weighted by Crippen LogP contribution is -2.00. The molecule has 0 radical (unpaired) electrons. The number of rotatable bonds is 4. The van der Waals surface area contributed by atoms with Gasteiger partial charge in [0.2, 0.25) is 6.79 Å². The van der Waals surface area contributed by atoms with Crippen molar-refractivity contribution in [2.24, 2.45) is 0 Å². The largest absolute Gasteiger partial charge is 0.454 e. The number of carbonyl (C=O) groups is 1. The molecule has 0 saturated heterocycles. The minimum atomic E-state index is -0.568. The van der Waals surface area contributed by atoms with Crippen LogP contribution in [0.5, 0.6) is 11.5 Å². The van der Waals surface area contributed by atoms with Crippen molar-refractivity contribution in [3.05, 3.63) is 69.8 Å². The van der Waals surface area contributed by atoms with Crippen LogP contribution < -0.4 is 9.47 Å². The predicted molar refractivity (Wildman–Crippen MR) is 79.0 cm³/mol. The number of carbonyl (C=O) groups excluding carboxylic acids is 1. The van der Waals surface area contributed by atoms with E-state index in [1.54, 1.807) is 30.3 Å². The summed E-state index contributed by atoms with van der Waals surface area (Å²) in [5.74, 6) is 0.840. The molecule has 3 rings (SSSR count). The highest BCUT2D eigenvalue weighted by Gasteiger charge is 2.17. The fourth-order valence-electron chi connectivity index (χ4n) is 2.12. The second kappa shape index (κ2) is 5.69. The van der Waals surface area contributed by atoms with Gasteiger partial charge in [0, 0.05) is 6.07 Å². The lowest BCUT2D eigenvalue weighted by Gasteiger charge is -1.99. The van der Waals surface area contributed by atoms with Gasteiger partial charge in [0.25, 0.3) is 5.69 Å². The molecule has 110 valence electrons. The van der Waals surface area contributed by atoms with Crippen LogP contribution in [0.1, 0.15) is 15.9 Å². The number of nitro benzene ring substituents is 1. The maximum atomic E-state index is 12.1. The van der Waals surface area contributed by atoms with Crippen LogP contribution in [0.3, 0.4) is 0 Å². The van der Waals surface area contributed by atoms with Gasteiger partial charge in [-0.15, -0.1) is 0 Å². The van der Waals surface area contributed by atoms with Crippen LogP contribution in [0.15, 0.2) is 48.5 Å². The fourth-order valence-corrected chi connectivity index (χ4v) is 2.12. The Morgan fingerprint density at radius 2 is 1.91 bits per heavy atom. The third-order valence-corrected chi connectivity index (χ3v) is 3.19. The predicted octanol–water partition coefficient (Wildman–Crippen LogP) is 3.22. The molecule has 0 bridgehead atoms. The quantitative estimate of drug-likeness (QED) is 0.375. The van der Waals surface area contributed by atoms with Gasteiger partial charge in [0.15, 0.2) is 17.3 Å². The molecule has 22 heavy (non-hydrogen) atoms. The third-order valence-electron chi connectivity index (χ3n) is 3.19. The molecule has 0 atom stereocenters. The number of benzene rings is 2. The van der Waals surface area contributed by atoms with Crippen LogP contribution in [0.2, 0.25) is 0 Å². The minimum absolute atomic E-state index is 0.0597. The first-order valence-corrected chi connectivity index (χ1v) is 6.50. The Labute approximate surface area is 125 Å². The van der Waals surface area contributed by atoms with Crippen molar-refractivity contribution in [3.63, 3.8) is 0 Å². The number of ketones is 1. The van der Waals surface area contributed by atoms with Gasteiger partial charge in [-0.2, -0.15) is 0 Å². The first-order valence-electron chi connectivity index (χ1n) is 6.50.